The number of halogens is 2. The van der Waals surface area contributed by atoms with Gasteiger partial charge in [0.1, 0.15) is 0 Å². The Morgan fingerprint density at radius 1 is 0.442 bits per heavy atom. The second kappa shape index (κ2) is 21.3. The number of rotatable bonds is 8. The van der Waals surface area contributed by atoms with Crippen LogP contribution in [0.4, 0.5) is 0 Å². The Bertz CT molecular complexity index is 2100. The van der Waals surface area contributed by atoms with Crippen molar-refractivity contribution in [3.8, 4) is 22.3 Å². The number of hydrogen-bond donors (Lipinski definition) is 0. The molecule has 0 N–H and O–H groups in total. The van der Waals surface area contributed by atoms with Crippen molar-refractivity contribution in [1.29, 1.82) is 0 Å². The van der Waals surface area contributed by atoms with Gasteiger partial charge in [-0.1, -0.05) is 148 Å². The molecule has 0 spiro atoms. The van der Waals surface area contributed by atoms with E-state index in [2.05, 4.69) is 173 Å². The van der Waals surface area contributed by atoms with Crippen LogP contribution in [-0.2, 0) is 38.7 Å². The first-order valence-electron chi connectivity index (χ1n) is 18.1. The maximum atomic E-state index is 3.38. The number of benzene rings is 6. The second-order valence-electron chi connectivity index (χ2n) is 13.0. The zero-order chi connectivity index (χ0) is 34.0. The molecule has 0 radical (unpaired) electrons. The zero-order valence-electron chi connectivity index (χ0n) is 30.5. The van der Waals surface area contributed by atoms with E-state index in [0.29, 0.717) is 0 Å². The van der Waals surface area contributed by atoms with Crippen molar-refractivity contribution < 1.29 is 50.7 Å². The van der Waals surface area contributed by atoms with E-state index in [4.69, 9.17) is 0 Å². The van der Waals surface area contributed by atoms with Crippen LogP contribution in [0.5, 0.6) is 0 Å². The van der Waals surface area contributed by atoms with Crippen molar-refractivity contribution in [3.05, 3.63) is 171 Å². The van der Waals surface area contributed by atoms with Crippen LogP contribution in [0.2, 0.25) is 0 Å². The van der Waals surface area contributed by atoms with Crippen molar-refractivity contribution in [2.75, 3.05) is 0 Å². The van der Waals surface area contributed by atoms with Gasteiger partial charge in [0, 0.05) is 25.8 Å². The molecule has 8 aromatic carbocycles. The smallest absolute Gasteiger partial charge is 0 e. The summed E-state index contributed by atoms with van der Waals surface area (Å²) in [5.74, 6) is 0. The van der Waals surface area contributed by atoms with E-state index in [1.54, 1.807) is 0 Å². The minimum absolute atomic E-state index is 0. The summed E-state index contributed by atoms with van der Waals surface area (Å²) >= 11 is 0. The molecule has 0 aromatic heterocycles. The fraction of sp³-hybridized carbons (Fsp3) is 0.184. The average Bonchev–Trinajstić information content (AvgIpc) is 3.77. The third-order valence-electron chi connectivity index (χ3n) is 9.42. The van der Waals surface area contributed by atoms with Crippen LogP contribution in [0.3, 0.4) is 0 Å². The Kier molecular flexibility index (Phi) is 17.6. The van der Waals surface area contributed by atoms with Gasteiger partial charge in [-0.15, -0.1) is 69.1 Å². The summed E-state index contributed by atoms with van der Waals surface area (Å²) in [5.41, 5.74) is 8.30. The van der Waals surface area contributed by atoms with E-state index >= 15 is 0 Å². The molecule has 0 saturated heterocycles. The standard InChI is InChI=1S/2C23H21.C3H6.2ClH.Hf/c2*1-2-3-8-17-15-19-11-7-14-22(23(19)16-17)21-13-6-10-18-9-4-5-12-20(18)21;1-3-2;;;/h2*4-7,9-16H,2-3,8H2,1H3;1-3H2;2*1H;/q2*-1;-2;;;/p-2. The van der Waals surface area contributed by atoms with Gasteiger partial charge in [-0.2, -0.15) is 12.1 Å². The molecular weight excluding hydrogens is 838 g/mol. The van der Waals surface area contributed by atoms with Crippen molar-refractivity contribution in [1.82, 2.24) is 0 Å². The van der Waals surface area contributed by atoms with E-state index in [1.807, 2.05) is 0 Å². The SMILES string of the molecule is CCCCc1cc2c(-c3cccc4ccccc34)cccc2[cH-]1.CCCCc1cc2c(-c3cccc4ccccc34)cccc2[cH-]1.[CH2-]C[CH2-].[Cl-].[Cl-].[Hf]. The first-order chi connectivity index (χ1) is 24.1. The number of aryl methyl sites for hydroxylation is 2. The minimum Gasteiger partial charge on any atom is -1.00 e. The minimum atomic E-state index is 0. The van der Waals surface area contributed by atoms with E-state index in [1.165, 1.54) is 115 Å². The third kappa shape index (κ3) is 9.93. The van der Waals surface area contributed by atoms with E-state index in [-0.39, 0.29) is 50.7 Å². The molecule has 268 valence electrons. The maximum Gasteiger partial charge on any atom is 0 e. The van der Waals surface area contributed by atoms with Crippen LogP contribution in [0.25, 0.3) is 65.3 Å². The van der Waals surface area contributed by atoms with Crippen molar-refractivity contribution >= 4 is 43.1 Å². The normalized spacial score (nSPS) is 10.4. The van der Waals surface area contributed by atoms with Gasteiger partial charge in [-0.05, 0) is 45.5 Å². The molecular formula is C49H48Cl2Hf-6. The third-order valence-corrected chi connectivity index (χ3v) is 9.42. The summed E-state index contributed by atoms with van der Waals surface area (Å²) in [4.78, 5) is 0. The van der Waals surface area contributed by atoms with Gasteiger partial charge in [0.25, 0.3) is 0 Å². The van der Waals surface area contributed by atoms with Crippen molar-refractivity contribution in [3.63, 3.8) is 0 Å². The van der Waals surface area contributed by atoms with Gasteiger partial charge >= 0.3 is 0 Å². The van der Waals surface area contributed by atoms with Gasteiger partial charge in [-0.3, -0.25) is 0 Å². The summed E-state index contributed by atoms with van der Waals surface area (Å²) in [6.45, 7) is 11.3. The van der Waals surface area contributed by atoms with E-state index in [0.717, 1.165) is 6.42 Å². The van der Waals surface area contributed by atoms with Crippen LogP contribution in [0, 0.1) is 13.8 Å². The van der Waals surface area contributed by atoms with Gasteiger partial charge in [-0.25, -0.2) is 0 Å². The fourth-order valence-corrected chi connectivity index (χ4v) is 7.03. The Morgan fingerprint density at radius 3 is 1.15 bits per heavy atom. The Morgan fingerprint density at radius 2 is 0.769 bits per heavy atom. The molecule has 0 unspecified atom stereocenters. The molecule has 0 aliphatic carbocycles. The zero-order valence-corrected chi connectivity index (χ0v) is 35.6. The van der Waals surface area contributed by atoms with E-state index < -0.39 is 0 Å². The van der Waals surface area contributed by atoms with Crippen LogP contribution >= 0.6 is 0 Å². The molecule has 0 aliphatic heterocycles. The molecule has 0 heterocycles. The molecule has 0 amide bonds. The average molecular weight is 886 g/mol. The summed E-state index contributed by atoms with van der Waals surface area (Å²) in [7, 11) is 0. The molecule has 0 fully saturated rings. The predicted octanol–water partition coefficient (Wildman–Crippen LogP) is 8.49. The second-order valence-corrected chi connectivity index (χ2v) is 13.0. The molecule has 8 rings (SSSR count). The Labute approximate surface area is 343 Å². The first kappa shape index (κ1) is 42.9. The molecule has 52 heavy (non-hydrogen) atoms. The molecule has 8 aromatic rings. The molecule has 0 aliphatic rings. The quantitative estimate of drug-likeness (QED) is 0.106. The molecule has 0 saturated carbocycles. The summed E-state index contributed by atoms with van der Waals surface area (Å²) in [6.07, 6.45) is 8.13. The molecule has 0 nitrogen and oxygen atoms in total. The van der Waals surface area contributed by atoms with Crippen LogP contribution in [0.1, 0.15) is 57.1 Å². The summed E-state index contributed by atoms with van der Waals surface area (Å²) in [6, 6.07) is 53.4. The van der Waals surface area contributed by atoms with Gasteiger partial charge in [0.2, 0.25) is 0 Å². The molecule has 0 bridgehead atoms. The monoisotopic (exact) mass is 886 g/mol. The van der Waals surface area contributed by atoms with E-state index in [9.17, 15) is 0 Å². The number of hydrogen-bond acceptors (Lipinski definition) is 0. The molecule has 3 heteroatoms. The number of unbranched alkanes of at least 4 members (excludes halogenated alkanes) is 2. The summed E-state index contributed by atoms with van der Waals surface area (Å²) < 4.78 is 0. The topological polar surface area (TPSA) is 0 Å². The van der Waals surface area contributed by atoms with Gasteiger partial charge in [0.15, 0.2) is 0 Å². The Hall–Kier alpha value is -3.49. The van der Waals surface area contributed by atoms with Crippen LogP contribution < -0.4 is 24.8 Å². The van der Waals surface area contributed by atoms with Crippen molar-refractivity contribution in [2.24, 2.45) is 0 Å². The first-order valence-corrected chi connectivity index (χ1v) is 18.1. The van der Waals surface area contributed by atoms with Crippen molar-refractivity contribution in [2.45, 2.75) is 58.8 Å². The molecule has 0 atom stereocenters. The Balaban J connectivity index is 0.000000248. The van der Waals surface area contributed by atoms with Gasteiger partial charge in [0.05, 0.1) is 0 Å². The van der Waals surface area contributed by atoms with Gasteiger partial charge < -0.3 is 45.1 Å². The largest absolute Gasteiger partial charge is 1.00 e. The summed E-state index contributed by atoms with van der Waals surface area (Å²) in [5, 5.41) is 10.8. The van der Waals surface area contributed by atoms with Crippen LogP contribution in [-0.4, -0.2) is 0 Å². The maximum absolute atomic E-state index is 3.38. The number of fused-ring (bicyclic) bond motifs is 4. The van der Waals surface area contributed by atoms with Crippen LogP contribution in [0.15, 0.2) is 146 Å². The predicted molar refractivity (Wildman–Crippen MR) is 218 cm³/mol. The fourth-order valence-electron chi connectivity index (χ4n) is 7.03.